The first-order chi connectivity index (χ1) is 13.5. The van der Waals surface area contributed by atoms with Crippen LogP contribution in [0, 0.1) is 34.5 Å². The Balaban J connectivity index is 1.48. The molecule has 0 aromatic carbocycles. The van der Waals surface area contributed by atoms with E-state index >= 15 is 0 Å². The van der Waals surface area contributed by atoms with Gasteiger partial charge in [-0.2, -0.15) is 0 Å². The molecule has 4 N–H and O–H groups in total. The summed E-state index contributed by atoms with van der Waals surface area (Å²) in [6, 6.07) is 0. The average Bonchev–Trinajstić information content (AvgIpc) is 3.16. The van der Waals surface area contributed by atoms with Crippen LogP contribution in [0.25, 0.3) is 0 Å². The molecule has 162 valence electrons. The third-order valence-corrected chi connectivity index (χ3v) is 10.1. The lowest BCUT2D eigenvalue weighted by molar-refractivity contribution is -0.297. The Bertz CT molecular complexity index is 760. The Morgan fingerprint density at radius 3 is 2.48 bits per heavy atom. The molecule has 0 radical (unpaired) electrons. The van der Waals surface area contributed by atoms with Gasteiger partial charge < -0.3 is 25.2 Å². The molecule has 0 aromatic heterocycles. The van der Waals surface area contributed by atoms with Crippen LogP contribution in [0.3, 0.4) is 0 Å². The maximum absolute atomic E-state index is 12.1. The van der Waals surface area contributed by atoms with Crippen LogP contribution < -0.4 is 0 Å². The zero-order chi connectivity index (χ0) is 20.8. The predicted molar refractivity (Wildman–Crippen MR) is 104 cm³/mol. The summed E-state index contributed by atoms with van der Waals surface area (Å²) in [7, 11) is 0. The van der Waals surface area contributed by atoms with Gasteiger partial charge in [-0.05, 0) is 79.6 Å². The monoisotopic (exact) mass is 406 g/mol. The lowest BCUT2D eigenvalue weighted by Crippen LogP contribution is -2.65. The van der Waals surface area contributed by atoms with Crippen molar-refractivity contribution in [3.8, 4) is 0 Å². The number of carbonyl (C=O) groups excluding carboxylic acids is 1. The van der Waals surface area contributed by atoms with Crippen molar-refractivity contribution >= 4 is 5.97 Å². The second-order valence-electron chi connectivity index (χ2n) is 11.1. The summed E-state index contributed by atoms with van der Waals surface area (Å²) in [5, 5.41) is 43.2. The van der Waals surface area contributed by atoms with Gasteiger partial charge in [-0.1, -0.05) is 13.8 Å². The molecule has 5 aliphatic rings. The number of esters is 1. The average molecular weight is 407 g/mol. The number of cyclic esters (lactones) is 1. The molecule has 4 saturated carbocycles. The van der Waals surface area contributed by atoms with Gasteiger partial charge in [0.1, 0.15) is 12.7 Å². The number of carbonyl (C=O) groups is 1. The van der Waals surface area contributed by atoms with E-state index in [4.69, 9.17) is 4.74 Å². The van der Waals surface area contributed by atoms with Crippen molar-refractivity contribution < 1.29 is 30.0 Å². The first-order valence-corrected chi connectivity index (χ1v) is 11.2. The van der Waals surface area contributed by atoms with Crippen molar-refractivity contribution in [2.75, 3.05) is 6.61 Å². The molecule has 29 heavy (non-hydrogen) atoms. The van der Waals surface area contributed by atoms with Crippen molar-refractivity contribution in [2.45, 2.75) is 82.7 Å². The van der Waals surface area contributed by atoms with E-state index in [1.165, 1.54) is 0 Å². The Labute approximate surface area is 172 Å². The fourth-order valence-electron chi connectivity index (χ4n) is 8.49. The van der Waals surface area contributed by atoms with Crippen molar-refractivity contribution in [3.05, 3.63) is 11.6 Å². The third kappa shape index (κ3) is 2.52. The second kappa shape index (κ2) is 6.06. The molecule has 4 aliphatic carbocycles. The molecule has 4 fully saturated rings. The van der Waals surface area contributed by atoms with Crippen molar-refractivity contribution in [1.29, 1.82) is 0 Å². The number of fused-ring (bicyclic) bond motifs is 5. The van der Waals surface area contributed by atoms with Gasteiger partial charge in [0.15, 0.2) is 5.79 Å². The molecule has 0 unspecified atom stereocenters. The fourth-order valence-corrected chi connectivity index (χ4v) is 8.49. The van der Waals surface area contributed by atoms with E-state index in [2.05, 4.69) is 13.8 Å². The van der Waals surface area contributed by atoms with E-state index in [1.807, 2.05) is 0 Å². The molecule has 1 heterocycles. The number of aliphatic hydroxyl groups excluding tert-OH is 1. The van der Waals surface area contributed by atoms with Crippen LogP contribution in [-0.4, -0.2) is 50.5 Å². The van der Waals surface area contributed by atoms with Gasteiger partial charge in [-0.3, -0.25) is 0 Å². The first-order valence-electron chi connectivity index (χ1n) is 11.2. The molecule has 6 heteroatoms. The first kappa shape index (κ1) is 20.0. The van der Waals surface area contributed by atoms with Crippen LogP contribution in [-0.2, 0) is 9.53 Å². The minimum Gasteiger partial charge on any atom is -0.458 e. The molecule has 6 nitrogen and oxygen atoms in total. The summed E-state index contributed by atoms with van der Waals surface area (Å²) in [6.07, 6.45) is 6.28. The standard InChI is InChI=1S/C23H34O6/c1-20-12-23(27,28)18(24)10-14(20)3-4-17-16(20)5-7-21(2)15(6-8-22(17,21)26)13-9-19(25)29-11-13/h9,14-18,24,26-28H,3-8,10-12H2,1-2H3/t14-,15-,16+,17-,18+,20+,21-,22+/m1/s1. The lowest BCUT2D eigenvalue weighted by Gasteiger charge is -2.64. The van der Waals surface area contributed by atoms with Gasteiger partial charge in [0.25, 0.3) is 0 Å². The summed E-state index contributed by atoms with van der Waals surface area (Å²) < 4.78 is 5.17. The van der Waals surface area contributed by atoms with Crippen LogP contribution >= 0.6 is 0 Å². The number of hydrogen-bond acceptors (Lipinski definition) is 6. The van der Waals surface area contributed by atoms with Gasteiger partial charge in [0.2, 0.25) is 0 Å². The van der Waals surface area contributed by atoms with Gasteiger partial charge in [-0.15, -0.1) is 0 Å². The van der Waals surface area contributed by atoms with Gasteiger partial charge in [0.05, 0.1) is 5.60 Å². The molecular formula is C23H34O6. The van der Waals surface area contributed by atoms with E-state index in [1.54, 1.807) is 6.08 Å². The third-order valence-electron chi connectivity index (χ3n) is 10.1. The Hall–Kier alpha value is -0.950. The van der Waals surface area contributed by atoms with Gasteiger partial charge in [-0.25, -0.2) is 4.79 Å². The zero-order valence-corrected chi connectivity index (χ0v) is 17.4. The van der Waals surface area contributed by atoms with Crippen molar-refractivity contribution in [3.63, 3.8) is 0 Å². The molecule has 0 bridgehead atoms. The highest BCUT2D eigenvalue weighted by atomic mass is 16.5. The van der Waals surface area contributed by atoms with Crippen LogP contribution in [0.2, 0.25) is 0 Å². The predicted octanol–water partition coefficient (Wildman–Crippen LogP) is 1.90. The van der Waals surface area contributed by atoms with E-state index in [0.29, 0.717) is 19.4 Å². The number of hydrogen-bond donors (Lipinski definition) is 4. The highest BCUT2D eigenvalue weighted by Gasteiger charge is 2.69. The minimum atomic E-state index is -2.05. The van der Waals surface area contributed by atoms with E-state index in [0.717, 1.165) is 37.7 Å². The second-order valence-corrected chi connectivity index (χ2v) is 11.1. The minimum absolute atomic E-state index is 0.108. The Morgan fingerprint density at radius 2 is 1.79 bits per heavy atom. The SMILES string of the molecule is C[C@]12CC(O)(O)[C@@H](O)C[C@H]1CC[C@@H]1[C@@H]2CC[C@]2(C)[C@@H](C3=CC(=O)OC3)CC[C@]12O. The van der Waals surface area contributed by atoms with Gasteiger partial charge in [0, 0.05) is 17.9 Å². The van der Waals surface area contributed by atoms with E-state index < -0.39 is 17.5 Å². The zero-order valence-electron chi connectivity index (χ0n) is 17.4. The molecule has 5 rings (SSSR count). The molecule has 0 spiro atoms. The Morgan fingerprint density at radius 1 is 1.03 bits per heavy atom. The normalized spacial score (nSPS) is 53.5. The van der Waals surface area contributed by atoms with Crippen molar-refractivity contribution in [1.82, 2.24) is 0 Å². The lowest BCUT2D eigenvalue weighted by atomic mass is 9.42. The Kier molecular flexibility index (Phi) is 4.17. The van der Waals surface area contributed by atoms with Gasteiger partial charge >= 0.3 is 5.97 Å². The van der Waals surface area contributed by atoms with Crippen LogP contribution in [0.1, 0.15) is 65.2 Å². The highest BCUT2D eigenvalue weighted by Crippen LogP contribution is 2.70. The summed E-state index contributed by atoms with van der Waals surface area (Å²) in [6.45, 7) is 4.68. The largest absolute Gasteiger partial charge is 0.458 e. The fraction of sp³-hybridized carbons (Fsp3) is 0.870. The number of aliphatic hydroxyl groups is 4. The smallest absolute Gasteiger partial charge is 0.331 e. The summed E-state index contributed by atoms with van der Waals surface area (Å²) in [5.74, 6) is -1.60. The molecule has 8 atom stereocenters. The van der Waals surface area contributed by atoms with Crippen LogP contribution in [0.4, 0.5) is 0 Å². The van der Waals surface area contributed by atoms with Crippen molar-refractivity contribution in [2.24, 2.45) is 34.5 Å². The molecule has 1 aliphatic heterocycles. The highest BCUT2D eigenvalue weighted by molar-refractivity contribution is 5.85. The van der Waals surface area contributed by atoms with E-state index in [-0.39, 0.29) is 46.9 Å². The maximum atomic E-state index is 12.1. The molecular weight excluding hydrogens is 372 g/mol. The topological polar surface area (TPSA) is 107 Å². The maximum Gasteiger partial charge on any atom is 0.331 e. The quantitative estimate of drug-likeness (QED) is 0.391. The molecule has 0 aromatic rings. The summed E-state index contributed by atoms with van der Waals surface area (Å²) in [4.78, 5) is 11.6. The number of rotatable bonds is 1. The summed E-state index contributed by atoms with van der Waals surface area (Å²) in [5.41, 5.74) is -0.379. The molecule has 0 amide bonds. The number of ether oxygens (including phenoxy) is 1. The summed E-state index contributed by atoms with van der Waals surface area (Å²) >= 11 is 0. The molecule has 0 saturated heterocycles. The van der Waals surface area contributed by atoms with Crippen LogP contribution in [0.15, 0.2) is 11.6 Å². The van der Waals surface area contributed by atoms with E-state index in [9.17, 15) is 25.2 Å². The van der Waals surface area contributed by atoms with Crippen LogP contribution in [0.5, 0.6) is 0 Å².